The Kier molecular flexibility index (Phi) is 6.13. The molecular weight excluding hydrogens is 366 g/mol. The maximum Gasteiger partial charge on any atom is 0.255 e. The monoisotopic (exact) mass is 397 g/mol. The molecule has 7 heteroatoms. The number of nitrogens with zero attached hydrogens (tertiary/aromatic N) is 3. The fourth-order valence-electron chi connectivity index (χ4n) is 4.62. The number of nitrogens with one attached hydrogen (secondary N) is 2. The Balaban J connectivity index is 1.35. The molecule has 2 atom stereocenters. The molecule has 0 spiro atoms. The minimum Gasteiger partial charge on any atom is -0.360 e. The van der Waals surface area contributed by atoms with Crippen molar-refractivity contribution >= 4 is 22.8 Å². The van der Waals surface area contributed by atoms with Crippen LogP contribution in [0.25, 0.3) is 11.0 Å². The van der Waals surface area contributed by atoms with E-state index in [1.807, 2.05) is 23.2 Å². The van der Waals surface area contributed by atoms with Gasteiger partial charge in [0.05, 0.1) is 22.5 Å². The quantitative estimate of drug-likeness (QED) is 0.812. The van der Waals surface area contributed by atoms with E-state index in [0.717, 1.165) is 69.3 Å². The van der Waals surface area contributed by atoms with Crippen LogP contribution in [0.15, 0.2) is 24.5 Å². The second kappa shape index (κ2) is 8.95. The number of amides is 2. The van der Waals surface area contributed by atoms with Gasteiger partial charge in [-0.1, -0.05) is 6.92 Å². The van der Waals surface area contributed by atoms with E-state index >= 15 is 0 Å². The molecule has 2 fully saturated rings. The molecule has 2 aromatic rings. The van der Waals surface area contributed by atoms with Crippen molar-refractivity contribution in [1.29, 1.82) is 0 Å². The number of piperidine rings is 2. The van der Waals surface area contributed by atoms with Crippen molar-refractivity contribution in [3.05, 3.63) is 30.1 Å². The summed E-state index contributed by atoms with van der Waals surface area (Å²) < 4.78 is 0. The van der Waals surface area contributed by atoms with E-state index in [9.17, 15) is 9.59 Å². The minimum absolute atomic E-state index is 0.0141. The first-order chi connectivity index (χ1) is 14.1. The van der Waals surface area contributed by atoms with Gasteiger partial charge in [0.1, 0.15) is 0 Å². The number of H-pyrrole nitrogens is 1. The average molecular weight is 398 g/mol. The molecule has 0 saturated carbocycles. The van der Waals surface area contributed by atoms with Crippen molar-refractivity contribution in [3.8, 4) is 0 Å². The number of hydrogen-bond donors (Lipinski definition) is 2. The molecule has 4 rings (SSSR count). The van der Waals surface area contributed by atoms with Gasteiger partial charge < -0.3 is 20.1 Å². The van der Waals surface area contributed by atoms with Gasteiger partial charge in [0.2, 0.25) is 5.91 Å². The Morgan fingerprint density at radius 3 is 2.97 bits per heavy atom. The van der Waals surface area contributed by atoms with Crippen LogP contribution in [0.4, 0.5) is 0 Å². The zero-order valence-electron chi connectivity index (χ0n) is 17.2. The number of fused-ring (bicyclic) bond motifs is 1. The van der Waals surface area contributed by atoms with Crippen LogP contribution in [0.2, 0.25) is 0 Å². The van der Waals surface area contributed by atoms with Crippen LogP contribution >= 0.6 is 0 Å². The fourth-order valence-corrected chi connectivity index (χ4v) is 4.62. The second-order valence-corrected chi connectivity index (χ2v) is 8.37. The molecule has 0 bridgehead atoms. The van der Waals surface area contributed by atoms with E-state index in [2.05, 4.69) is 27.1 Å². The van der Waals surface area contributed by atoms with Crippen LogP contribution in [0.5, 0.6) is 0 Å². The summed E-state index contributed by atoms with van der Waals surface area (Å²) in [5.41, 5.74) is 2.32. The van der Waals surface area contributed by atoms with Gasteiger partial charge >= 0.3 is 0 Å². The van der Waals surface area contributed by atoms with E-state index in [1.165, 1.54) is 0 Å². The Bertz CT molecular complexity index is 862. The Morgan fingerprint density at radius 1 is 1.24 bits per heavy atom. The van der Waals surface area contributed by atoms with Crippen molar-refractivity contribution in [2.45, 2.75) is 45.1 Å². The number of rotatable bonds is 5. The first kappa shape index (κ1) is 19.9. The summed E-state index contributed by atoms with van der Waals surface area (Å²) >= 11 is 0. The summed E-state index contributed by atoms with van der Waals surface area (Å²) in [6, 6.07) is 3.78. The molecule has 1 unspecified atom stereocenters. The van der Waals surface area contributed by atoms with Crippen molar-refractivity contribution in [3.63, 3.8) is 0 Å². The third-order valence-corrected chi connectivity index (χ3v) is 6.12. The van der Waals surface area contributed by atoms with Gasteiger partial charge in [0.15, 0.2) is 0 Å². The number of pyridine rings is 1. The highest BCUT2D eigenvalue weighted by Crippen LogP contribution is 2.20. The Labute approximate surface area is 171 Å². The summed E-state index contributed by atoms with van der Waals surface area (Å²) in [4.78, 5) is 37.5. The molecule has 0 aliphatic carbocycles. The number of aromatic amines is 1. The largest absolute Gasteiger partial charge is 0.360 e. The molecule has 2 amide bonds. The molecule has 2 aromatic heterocycles. The minimum atomic E-state index is -0.0141. The maximum absolute atomic E-state index is 13.0. The predicted molar refractivity (Wildman–Crippen MR) is 113 cm³/mol. The molecule has 0 radical (unpaired) electrons. The zero-order chi connectivity index (χ0) is 20.2. The van der Waals surface area contributed by atoms with E-state index in [1.54, 1.807) is 6.20 Å². The molecule has 4 heterocycles. The molecule has 0 aromatic carbocycles. The molecule has 2 N–H and O–H groups in total. The normalized spacial score (nSPS) is 23.3. The topological polar surface area (TPSA) is 81.3 Å². The second-order valence-electron chi connectivity index (χ2n) is 8.37. The highest BCUT2D eigenvalue weighted by Gasteiger charge is 2.30. The van der Waals surface area contributed by atoms with Crippen LogP contribution in [0, 0.1) is 5.92 Å². The zero-order valence-corrected chi connectivity index (χ0v) is 17.2. The standard InChI is InChI=1S/C22H31N5O2/c1-2-9-26-10-3-5-16(14-26)21(28)25-18-6-4-11-27(15-18)22(29)17-12-20-19(24-13-17)7-8-23-20/h7-8,12-13,16,18,23H,2-6,9-11,14-15H2,1H3,(H,25,28)/t16?,18-/m0/s1. The lowest BCUT2D eigenvalue weighted by Crippen LogP contribution is -2.52. The van der Waals surface area contributed by atoms with Gasteiger partial charge in [-0.3, -0.25) is 14.6 Å². The molecule has 2 saturated heterocycles. The number of likely N-dealkylation sites (tertiary alicyclic amines) is 2. The highest BCUT2D eigenvalue weighted by molar-refractivity contribution is 5.96. The SMILES string of the molecule is CCCN1CCCC(C(=O)N[C@H]2CCCN(C(=O)c3cnc4cc[nH]c4c3)C2)C1. The third-order valence-electron chi connectivity index (χ3n) is 6.12. The first-order valence-corrected chi connectivity index (χ1v) is 10.9. The lowest BCUT2D eigenvalue weighted by atomic mass is 9.95. The fraction of sp³-hybridized carbons (Fsp3) is 0.591. The van der Waals surface area contributed by atoms with Crippen molar-refractivity contribution in [2.75, 3.05) is 32.7 Å². The van der Waals surface area contributed by atoms with E-state index < -0.39 is 0 Å². The van der Waals surface area contributed by atoms with Gasteiger partial charge in [0.25, 0.3) is 5.91 Å². The first-order valence-electron chi connectivity index (χ1n) is 10.9. The molecule has 2 aliphatic heterocycles. The molecule has 7 nitrogen and oxygen atoms in total. The average Bonchev–Trinajstić information content (AvgIpc) is 3.22. The summed E-state index contributed by atoms with van der Waals surface area (Å²) in [5, 5.41) is 3.23. The van der Waals surface area contributed by atoms with E-state index in [0.29, 0.717) is 12.1 Å². The van der Waals surface area contributed by atoms with E-state index in [-0.39, 0.29) is 23.8 Å². The highest BCUT2D eigenvalue weighted by atomic mass is 16.2. The molecule has 29 heavy (non-hydrogen) atoms. The van der Waals surface area contributed by atoms with Crippen LogP contribution in [-0.2, 0) is 4.79 Å². The summed E-state index contributed by atoms with van der Waals surface area (Å²) in [6.07, 6.45) is 8.47. The van der Waals surface area contributed by atoms with Crippen molar-refractivity contribution in [1.82, 2.24) is 25.1 Å². The Morgan fingerprint density at radius 2 is 2.10 bits per heavy atom. The van der Waals surface area contributed by atoms with Crippen LogP contribution < -0.4 is 5.32 Å². The molecule has 156 valence electrons. The van der Waals surface area contributed by atoms with Crippen molar-refractivity contribution in [2.24, 2.45) is 5.92 Å². The van der Waals surface area contributed by atoms with Crippen LogP contribution in [0.3, 0.4) is 0 Å². The summed E-state index contributed by atoms with van der Waals surface area (Å²) in [5.74, 6) is 0.208. The number of hydrogen-bond acceptors (Lipinski definition) is 4. The van der Waals surface area contributed by atoms with Gasteiger partial charge in [-0.25, -0.2) is 0 Å². The predicted octanol–water partition coefficient (Wildman–Crippen LogP) is 2.41. The van der Waals surface area contributed by atoms with Crippen molar-refractivity contribution < 1.29 is 9.59 Å². The summed E-state index contributed by atoms with van der Waals surface area (Å²) in [6.45, 7) is 6.49. The lowest BCUT2D eigenvalue weighted by Gasteiger charge is -2.36. The Hall–Kier alpha value is -2.41. The molecular formula is C22H31N5O2. The van der Waals surface area contributed by atoms with Gasteiger partial charge in [-0.05, 0) is 57.3 Å². The smallest absolute Gasteiger partial charge is 0.255 e. The number of aromatic nitrogens is 2. The number of carbonyl (C=O) groups excluding carboxylic acids is 2. The molecule has 2 aliphatic rings. The van der Waals surface area contributed by atoms with Gasteiger partial charge in [-0.2, -0.15) is 0 Å². The number of carbonyl (C=O) groups is 2. The third kappa shape index (κ3) is 4.61. The summed E-state index contributed by atoms with van der Waals surface area (Å²) in [7, 11) is 0. The van der Waals surface area contributed by atoms with Gasteiger partial charge in [-0.15, -0.1) is 0 Å². The van der Waals surface area contributed by atoms with Crippen LogP contribution in [-0.4, -0.2) is 70.3 Å². The van der Waals surface area contributed by atoms with Gasteiger partial charge in [0, 0.05) is 38.1 Å². The van der Waals surface area contributed by atoms with Crippen LogP contribution in [0.1, 0.15) is 49.4 Å². The van der Waals surface area contributed by atoms with E-state index in [4.69, 9.17) is 0 Å². The maximum atomic E-state index is 13.0. The lowest BCUT2D eigenvalue weighted by molar-refractivity contribution is -0.127.